The summed E-state index contributed by atoms with van der Waals surface area (Å²) in [6.45, 7) is 5.56. The van der Waals surface area contributed by atoms with Crippen LogP contribution in [-0.2, 0) is 23.6 Å². The molecule has 6 nitrogen and oxygen atoms in total. The van der Waals surface area contributed by atoms with Gasteiger partial charge in [0.1, 0.15) is 5.65 Å². The molecule has 8 rings (SSSR count). The first-order chi connectivity index (χ1) is 20.6. The minimum absolute atomic E-state index is 0.0204. The summed E-state index contributed by atoms with van der Waals surface area (Å²) in [5.74, 6) is -0.402. The van der Waals surface area contributed by atoms with E-state index in [2.05, 4.69) is 37.6 Å². The number of carbonyl (C=O) groups excluding carboxylic acids is 1. The van der Waals surface area contributed by atoms with E-state index >= 15 is 0 Å². The van der Waals surface area contributed by atoms with Crippen molar-refractivity contribution in [1.82, 2.24) is 19.2 Å². The average Bonchev–Trinajstić information content (AvgIpc) is 3.24. The number of aryl methyl sites for hydroxylation is 1. The van der Waals surface area contributed by atoms with E-state index in [-0.39, 0.29) is 28.6 Å². The lowest BCUT2D eigenvalue weighted by Gasteiger charge is -2.71. The van der Waals surface area contributed by atoms with Crippen LogP contribution in [0.15, 0.2) is 67.0 Å². The molecule has 4 aromatic rings. The molecule has 4 fully saturated rings. The fourth-order valence-electron chi connectivity index (χ4n) is 7.76. The Morgan fingerprint density at radius 1 is 0.977 bits per heavy atom. The molecular weight excluding hydrogens is 551 g/mol. The highest BCUT2D eigenvalue weighted by molar-refractivity contribution is 6.04. The van der Waals surface area contributed by atoms with E-state index in [4.69, 9.17) is 0 Å². The van der Waals surface area contributed by atoms with Crippen molar-refractivity contribution in [3.63, 3.8) is 0 Å². The third kappa shape index (κ3) is 4.92. The number of halogens is 3. The Bertz CT molecular complexity index is 1690. The zero-order chi connectivity index (χ0) is 30.0. The Morgan fingerprint density at radius 3 is 2.58 bits per heavy atom. The molecule has 2 aromatic heterocycles. The molecule has 43 heavy (non-hydrogen) atoms. The van der Waals surface area contributed by atoms with Crippen LogP contribution in [0.25, 0.3) is 5.65 Å². The second kappa shape index (κ2) is 10.2. The van der Waals surface area contributed by atoms with Crippen LogP contribution in [0.4, 0.5) is 18.9 Å². The van der Waals surface area contributed by atoms with Crippen LogP contribution in [-0.4, -0.2) is 58.3 Å². The van der Waals surface area contributed by atoms with Crippen LogP contribution in [0, 0.1) is 6.92 Å². The Labute approximate surface area is 249 Å². The number of fused-ring (bicyclic) bond motifs is 1. The van der Waals surface area contributed by atoms with Gasteiger partial charge >= 0.3 is 6.18 Å². The van der Waals surface area contributed by atoms with Gasteiger partial charge in [-0.15, -0.1) is 0 Å². The zero-order valence-corrected chi connectivity index (χ0v) is 24.5. The number of amides is 1. The van der Waals surface area contributed by atoms with E-state index in [9.17, 15) is 18.0 Å². The molecule has 3 heterocycles. The summed E-state index contributed by atoms with van der Waals surface area (Å²) in [7, 11) is 2.04. The van der Waals surface area contributed by atoms with Gasteiger partial charge in [0.25, 0.3) is 5.91 Å². The fraction of sp³-hybridized carbons (Fsp3) is 0.412. The highest BCUT2D eigenvalue weighted by Crippen LogP contribution is 2.74. The number of alkyl halides is 3. The van der Waals surface area contributed by atoms with Gasteiger partial charge in [-0.3, -0.25) is 9.69 Å². The zero-order valence-electron chi connectivity index (χ0n) is 24.5. The lowest BCUT2D eigenvalue weighted by molar-refractivity contribution is -0.138. The molecule has 1 amide bonds. The van der Waals surface area contributed by atoms with Gasteiger partial charge in [0.05, 0.1) is 5.56 Å². The van der Waals surface area contributed by atoms with Gasteiger partial charge in [-0.25, -0.2) is 4.98 Å². The maximum atomic E-state index is 14.1. The monoisotopic (exact) mass is 587 g/mol. The number of nitrogens with zero attached hydrogens (tertiary/aromatic N) is 4. The predicted molar refractivity (Wildman–Crippen MR) is 160 cm³/mol. The first-order valence-electron chi connectivity index (χ1n) is 15.0. The van der Waals surface area contributed by atoms with E-state index in [0.717, 1.165) is 74.7 Å². The Kier molecular flexibility index (Phi) is 6.67. The summed E-state index contributed by atoms with van der Waals surface area (Å²) in [5.41, 5.74) is 4.74. The maximum Gasteiger partial charge on any atom is 0.416 e. The van der Waals surface area contributed by atoms with E-state index in [1.807, 2.05) is 43.6 Å². The van der Waals surface area contributed by atoms with E-state index in [1.165, 1.54) is 11.8 Å². The van der Waals surface area contributed by atoms with Crippen molar-refractivity contribution in [2.24, 2.45) is 0 Å². The number of carbonyl (C=O) groups is 1. The SMILES string of the molecule is Cc1ccc(C(=O)Nc2ccc(CN3CCCN(C)CC3)c(C(F)(F)F)c2)cc1C12CC(c3cnc4ccccn34)(C1)C2. The molecule has 2 aromatic carbocycles. The van der Waals surface area contributed by atoms with Crippen LogP contribution in [0.1, 0.15) is 64.0 Å². The number of likely N-dealkylation sites (N-methyl/N-ethyl adjacent to an activating group) is 1. The van der Waals surface area contributed by atoms with Crippen molar-refractivity contribution in [1.29, 1.82) is 0 Å². The molecule has 9 heteroatoms. The first kappa shape index (κ1) is 28.1. The number of hydrogen-bond acceptors (Lipinski definition) is 4. The molecule has 1 saturated heterocycles. The summed E-state index contributed by atoms with van der Waals surface area (Å²) >= 11 is 0. The molecule has 224 valence electrons. The molecule has 3 saturated carbocycles. The van der Waals surface area contributed by atoms with Crippen molar-refractivity contribution >= 4 is 17.2 Å². The summed E-state index contributed by atoms with van der Waals surface area (Å²) < 4.78 is 44.6. The number of benzene rings is 2. The second-order valence-corrected chi connectivity index (χ2v) is 12.9. The van der Waals surface area contributed by atoms with Gasteiger partial charge in [0.2, 0.25) is 0 Å². The average molecular weight is 588 g/mol. The van der Waals surface area contributed by atoms with Gasteiger partial charge in [-0.2, -0.15) is 13.2 Å². The third-order valence-corrected chi connectivity index (χ3v) is 9.94. The summed E-state index contributed by atoms with van der Waals surface area (Å²) in [6.07, 6.45) is 3.45. The predicted octanol–water partition coefficient (Wildman–Crippen LogP) is 6.42. The number of imidazole rings is 1. The standard InChI is InChI=1S/C34H36F3N5O/c1-23-7-8-24(16-27(23)32-20-33(21-32,22-32)29-18-38-30-6-3-4-13-42(29)30)31(43)39-26-10-9-25(28(17-26)34(35,36)37)19-41-12-5-11-40(2)14-15-41/h3-4,6-10,13,16-18H,5,11-12,14-15,19-22H2,1-2H3,(H,39,43). The Hall–Kier alpha value is -3.69. The van der Waals surface area contributed by atoms with E-state index in [1.54, 1.807) is 12.1 Å². The van der Waals surface area contributed by atoms with Crippen molar-refractivity contribution in [3.8, 4) is 0 Å². The van der Waals surface area contributed by atoms with Gasteiger partial charge in [-0.05, 0) is 111 Å². The van der Waals surface area contributed by atoms with Crippen LogP contribution >= 0.6 is 0 Å². The highest BCUT2D eigenvalue weighted by atomic mass is 19.4. The minimum Gasteiger partial charge on any atom is -0.322 e. The van der Waals surface area contributed by atoms with Crippen molar-refractivity contribution in [2.75, 3.05) is 38.5 Å². The molecule has 1 aliphatic heterocycles. The largest absolute Gasteiger partial charge is 0.416 e. The fourth-order valence-corrected chi connectivity index (χ4v) is 7.76. The lowest BCUT2D eigenvalue weighted by atomic mass is 9.32. The van der Waals surface area contributed by atoms with E-state index < -0.39 is 17.6 Å². The Morgan fingerprint density at radius 2 is 1.79 bits per heavy atom. The number of pyridine rings is 1. The number of nitrogens with one attached hydrogen (secondary N) is 1. The third-order valence-electron chi connectivity index (χ3n) is 9.94. The molecular formula is C34H36F3N5O. The first-order valence-corrected chi connectivity index (χ1v) is 15.0. The summed E-state index contributed by atoms with van der Waals surface area (Å²) in [4.78, 5) is 22.2. The van der Waals surface area contributed by atoms with Gasteiger partial charge in [0, 0.05) is 54.4 Å². The molecule has 0 spiro atoms. The van der Waals surface area contributed by atoms with Gasteiger partial charge < -0.3 is 14.6 Å². The molecule has 3 aliphatic carbocycles. The Balaban J connectivity index is 1.08. The number of anilines is 1. The van der Waals surface area contributed by atoms with Gasteiger partial charge in [0.15, 0.2) is 0 Å². The van der Waals surface area contributed by atoms with Crippen LogP contribution in [0.5, 0.6) is 0 Å². The topological polar surface area (TPSA) is 52.9 Å². The van der Waals surface area contributed by atoms with Crippen LogP contribution in [0.3, 0.4) is 0 Å². The number of hydrogen-bond donors (Lipinski definition) is 1. The molecule has 0 atom stereocenters. The van der Waals surface area contributed by atoms with Crippen LogP contribution in [0.2, 0.25) is 0 Å². The van der Waals surface area contributed by atoms with Crippen molar-refractivity contribution in [3.05, 3.63) is 101 Å². The normalized spacial score (nSPS) is 24.3. The molecule has 2 bridgehead atoms. The molecule has 0 radical (unpaired) electrons. The van der Waals surface area contributed by atoms with Crippen molar-refractivity contribution in [2.45, 2.75) is 56.2 Å². The smallest absolute Gasteiger partial charge is 0.322 e. The van der Waals surface area contributed by atoms with Gasteiger partial charge in [-0.1, -0.05) is 18.2 Å². The number of rotatable bonds is 6. The lowest BCUT2D eigenvalue weighted by Crippen LogP contribution is -2.67. The quantitative estimate of drug-likeness (QED) is 0.283. The summed E-state index contributed by atoms with van der Waals surface area (Å²) in [5, 5.41) is 2.74. The van der Waals surface area contributed by atoms with Crippen molar-refractivity contribution < 1.29 is 18.0 Å². The second-order valence-electron chi connectivity index (χ2n) is 12.9. The molecule has 1 N–H and O–H groups in total. The highest BCUT2D eigenvalue weighted by Gasteiger charge is 2.70. The van der Waals surface area contributed by atoms with Crippen LogP contribution < -0.4 is 5.32 Å². The molecule has 0 unspecified atom stereocenters. The van der Waals surface area contributed by atoms with E-state index in [0.29, 0.717) is 5.56 Å². The summed E-state index contributed by atoms with van der Waals surface area (Å²) in [6, 6.07) is 15.8. The maximum absolute atomic E-state index is 14.1. The minimum atomic E-state index is -4.52. The molecule has 4 aliphatic rings. The number of aromatic nitrogens is 2.